The van der Waals surface area contributed by atoms with Gasteiger partial charge in [-0.25, -0.2) is 0 Å². The van der Waals surface area contributed by atoms with Gasteiger partial charge in [-0.05, 0) is 48.9 Å². The van der Waals surface area contributed by atoms with E-state index in [0.29, 0.717) is 32.0 Å². The molecule has 1 saturated heterocycles. The van der Waals surface area contributed by atoms with Gasteiger partial charge >= 0.3 is 6.36 Å². The van der Waals surface area contributed by atoms with Gasteiger partial charge in [0.15, 0.2) is 5.75 Å². The lowest BCUT2D eigenvalue weighted by molar-refractivity contribution is -0.274. The van der Waals surface area contributed by atoms with Crippen molar-refractivity contribution in [2.45, 2.75) is 13.3 Å². The molecular weight excluding hydrogens is 489 g/mol. The Kier molecular flexibility index (Phi) is 8.04. The summed E-state index contributed by atoms with van der Waals surface area (Å²) in [4.78, 5) is 31.4. The molecule has 1 aromatic heterocycles. The highest BCUT2D eigenvalue weighted by Crippen LogP contribution is 2.32. The number of aromatic nitrogens is 1. The van der Waals surface area contributed by atoms with Gasteiger partial charge in [0.05, 0.1) is 25.4 Å². The number of alkyl halides is 3. The molecule has 11 heteroatoms. The summed E-state index contributed by atoms with van der Waals surface area (Å²) < 4.78 is 48.0. The van der Waals surface area contributed by atoms with Crippen molar-refractivity contribution in [2.24, 2.45) is 0 Å². The van der Waals surface area contributed by atoms with Crippen LogP contribution in [0.4, 0.5) is 24.5 Å². The summed E-state index contributed by atoms with van der Waals surface area (Å²) in [5.74, 6) is -1.71. The van der Waals surface area contributed by atoms with Crippen LogP contribution in [0.25, 0.3) is 11.1 Å². The summed E-state index contributed by atoms with van der Waals surface area (Å²) in [6.07, 6.45) is -3.26. The van der Waals surface area contributed by atoms with Crippen LogP contribution >= 0.6 is 0 Å². The molecule has 0 spiro atoms. The number of hydrogen-bond donors (Lipinski definition) is 2. The number of carbonyl (C=O) groups excluding carboxylic acids is 2. The van der Waals surface area contributed by atoms with Crippen LogP contribution in [0.2, 0.25) is 0 Å². The largest absolute Gasteiger partial charge is 0.573 e. The van der Waals surface area contributed by atoms with Gasteiger partial charge in [0.1, 0.15) is 0 Å². The van der Waals surface area contributed by atoms with Crippen LogP contribution < -0.4 is 15.4 Å². The quantitative estimate of drug-likeness (QED) is 0.483. The van der Waals surface area contributed by atoms with Gasteiger partial charge in [-0.1, -0.05) is 18.2 Å². The minimum atomic E-state index is -4.97. The number of aryl methyl sites for hydroxylation is 1. The Labute approximate surface area is 211 Å². The molecule has 3 aromatic rings. The molecule has 4 rings (SSSR count). The Hall–Kier alpha value is -3.96. The van der Waals surface area contributed by atoms with E-state index in [-0.39, 0.29) is 17.8 Å². The zero-order valence-electron chi connectivity index (χ0n) is 20.0. The second-order valence-corrected chi connectivity index (χ2v) is 8.36. The average molecular weight is 515 g/mol. The third-order valence-corrected chi connectivity index (χ3v) is 5.67. The molecule has 0 atom stereocenters. The number of amides is 2. The van der Waals surface area contributed by atoms with Crippen molar-refractivity contribution in [3.63, 3.8) is 0 Å². The van der Waals surface area contributed by atoms with E-state index in [9.17, 15) is 22.8 Å². The molecular formula is C26H25F3N4O4. The van der Waals surface area contributed by atoms with Crippen LogP contribution in [-0.2, 0) is 9.53 Å². The molecule has 2 heterocycles. The lowest BCUT2D eigenvalue weighted by Gasteiger charge is -2.26. The second-order valence-electron chi connectivity index (χ2n) is 8.36. The number of anilines is 2. The lowest BCUT2D eigenvalue weighted by Crippen LogP contribution is -2.41. The standard InChI is InChI=1S/C26H25F3N4O4/c1-17-21(3-2-10-30-17)18-4-7-20(8-5-18)31-25(35)19-6-9-23(37-26(27,28)29)22(15-19)32-24(34)16-33-11-13-36-14-12-33/h2-10,15H,11-14,16H2,1H3,(H,31,35)(H,32,34). The van der Waals surface area contributed by atoms with Crippen LogP contribution in [0.1, 0.15) is 16.1 Å². The fourth-order valence-electron chi connectivity index (χ4n) is 3.86. The molecule has 0 saturated carbocycles. The number of ether oxygens (including phenoxy) is 2. The summed E-state index contributed by atoms with van der Waals surface area (Å²) in [5.41, 5.74) is 3.02. The topological polar surface area (TPSA) is 92.8 Å². The van der Waals surface area contributed by atoms with Crippen LogP contribution in [0, 0.1) is 6.92 Å². The van der Waals surface area contributed by atoms with Gasteiger partial charge in [-0.2, -0.15) is 0 Å². The van der Waals surface area contributed by atoms with Crippen molar-refractivity contribution in [1.29, 1.82) is 0 Å². The second kappa shape index (κ2) is 11.4. The minimum absolute atomic E-state index is 0.0337. The molecule has 2 N–H and O–H groups in total. The van der Waals surface area contributed by atoms with E-state index in [2.05, 4.69) is 20.4 Å². The number of nitrogens with one attached hydrogen (secondary N) is 2. The van der Waals surface area contributed by atoms with Crippen molar-refractivity contribution in [3.05, 3.63) is 72.1 Å². The van der Waals surface area contributed by atoms with Crippen molar-refractivity contribution in [1.82, 2.24) is 9.88 Å². The SMILES string of the molecule is Cc1ncccc1-c1ccc(NC(=O)c2ccc(OC(F)(F)F)c(NC(=O)CN3CCOCC3)c2)cc1. The maximum Gasteiger partial charge on any atom is 0.573 e. The number of carbonyl (C=O) groups is 2. The summed E-state index contributed by atoms with van der Waals surface area (Å²) in [6, 6.07) is 14.2. The molecule has 2 amide bonds. The summed E-state index contributed by atoms with van der Waals surface area (Å²) in [5, 5.41) is 5.15. The molecule has 0 aliphatic carbocycles. The van der Waals surface area contributed by atoms with Gasteiger partial charge in [-0.15, -0.1) is 13.2 Å². The normalized spacial score (nSPS) is 14.2. The Morgan fingerprint density at radius 3 is 2.46 bits per heavy atom. The predicted molar refractivity (Wildman–Crippen MR) is 131 cm³/mol. The molecule has 1 fully saturated rings. The molecule has 1 aliphatic heterocycles. The number of rotatable bonds is 7. The van der Waals surface area contributed by atoms with Crippen molar-refractivity contribution < 1.29 is 32.2 Å². The molecule has 0 unspecified atom stereocenters. The van der Waals surface area contributed by atoms with Gasteiger partial charge < -0.3 is 20.1 Å². The molecule has 2 aromatic carbocycles. The van der Waals surface area contributed by atoms with Crippen LogP contribution in [0.15, 0.2) is 60.8 Å². The first kappa shape index (κ1) is 26.1. The number of hydrogen-bond acceptors (Lipinski definition) is 6. The molecule has 37 heavy (non-hydrogen) atoms. The zero-order valence-corrected chi connectivity index (χ0v) is 20.0. The number of morpholine rings is 1. The molecule has 0 radical (unpaired) electrons. The summed E-state index contributed by atoms with van der Waals surface area (Å²) in [7, 11) is 0. The van der Waals surface area contributed by atoms with E-state index in [1.54, 1.807) is 18.3 Å². The third-order valence-electron chi connectivity index (χ3n) is 5.67. The van der Waals surface area contributed by atoms with E-state index in [4.69, 9.17) is 4.74 Å². The van der Waals surface area contributed by atoms with Crippen LogP contribution in [0.3, 0.4) is 0 Å². The lowest BCUT2D eigenvalue weighted by atomic mass is 10.0. The maximum atomic E-state index is 12.9. The first-order valence-electron chi connectivity index (χ1n) is 11.5. The van der Waals surface area contributed by atoms with E-state index in [1.165, 1.54) is 6.07 Å². The summed E-state index contributed by atoms with van der Waals surface area (Å²) >= 11 is 0. The van der Waals surface area contributed by atoms with Crippen LogP contribution in [0.5, 0.6) is 5.75 Å². The Morgan fingerprint density at radius 1 is 1.05 bits per heavy atom. The first-order valence-corrected chi connectivity index (χ1v) is 11.5. The van der Waals surface area contributed by atoms with Gasteiger partial charge in [0.25, 0.3) is 5.91 Å². The zero-order chi connectivity index (χ0) is 26.4. The fraction of sp³-hybridized carbons (Fsp3) is 0.269. The number of halogens is 3. The highest BCUT2D eigenvalue weighted by molar-refractivity contribution is 6.06. The van der Waals surface area contributed by atoms with E-state index >= 15 is 0 Å². The fourth-order valence-corrected chi connectivity index (χ4v) is 3.86. The smallest absolute Gasteiger partial charge is 0.404 e. The third kappa shape index (κ3) is 7.28. The first-order chi connectivity index (χ1) is 17.7. The number of pyridine rings is 1. The molecule has 0 bridgehead atoms. The highest BCUT2D eigenvalue weighted by atomic mass is 19.4. The molecule has 8 nitrogen and oxygen atoms in total. The van der Waals surface area contributed by atoms with Crippen molar-refractivity contribution in [3.8, 4) is 16.9 Å². The van der Waals surface area contributed by atoms with E-state index in [1.807, 2.05) is 36.1 Å². The van der Waals surface area contributed by atoms with Crippen molar-refractivity contribution in [2.75, 3.05) is 43.5 Å². The Balaban J connectivity index is 1.49. The number of nitrogens with zero attached hydrogens (tertiary/aromatic N) is 2. The molecule has 1 aliphatic rings. The Morgan fingerprint density at radius 2 is 1.78 bits per heavy atom. The highest BCUT2D eigenvalue weighted by Gasteiger charge is 2.32. The van der Waals surface area contributed by atoms with Gasteiger partial charge in [0, 0.05) is 41.8 Å². The monoisotopic (exact) mass is 514 g/mol. The van der Waals surface area contributed by atoms with E-state index in [0.717, 1.165) is 29.0 Å². The number of benzene rings is 2. The van der Waals surface area contributed by atoms with Crippen LogP contribution in [-0.4, -0.2) is 60.9 Å². The average Bonchev–Trinajstić information content (AvgIpc) is 2.86. The van der Waals surface area contributed by atoms with Crippen molar-refractivity contribution >= 4 is 23.2 Å². The maximum absolute atomic E-state index is 12.9. The predicted octanol–water partition coefficient (Wildman–Crippen LogP) is 4.48. The van der Waals surface area contributed by atoms with Gasteiger partial charge in [-0.3, -0.25) is 19.5 Å². The van der Waals surface area contributed by atoms with Gasteiger partial charge in [0.2, 0.25) is 5.91 Å². The summed E-state index contributed by atoms with van der Waals surface area (Å²) in [6.45, 7) is 3.85. The minimum Gasteiger partial charge on any atom is -0.404 e. The Bertz CT molecular complexity index is 1260. The molecule has 194 valence electrons. The van der Waals surface area contributed by atoms with E-state index < -0.39 is 23.9 Å².